The maximum atomic E-state index is 13.1. The number of sulfonamides is 1. The monoisotopic (exact) mass is 431 g/mol. The van der Waals surface area contributed by atoms with E-state index >= 15 is 0 Å². The summed E-state index contributed by atoms with van der Waals surface area (Å²) in [6.07, 6.45) is 1.22. The summed E-state index contributed by atoms with van der Waals surface area (Å²) in [5.74, 6) is -0.0924. The quantitative estimate of drug-likeness (QED) is 0.604. The Bertz CT molecular complexity index is 810. The number of hydrogen-bond donors (Lipinski definition) is 2. The fraction of sp³-hybridized carbons (Fsp3) is 0.389. The van der Waals surface area contributed by atoms with Crippen molar-refractivity contribution in [2.75, 3.05) is 19.6 Å². The molecule has 27 heavy (non-hydrogen) atoms. The molecular weight excluding hydrogens is 406 g/mol. The molecule has 0 aliphatic carbocycles. The van der Waals surface area contributed by atoms with Crippen LogP contribution in [0.15, 0.2) is 46.7 Å². The van der Waals surface area contributed by atoms with Gasteiger partial charge in [-0.25, -0.2) is 8.42 Å². The van der Waals surface area contributed by atoms with Crippen LogP contribution in [0.1, 0.15) is 23.8 Å². The molecule has 0 radical (unpaired) electrons. The van der Waals surface area contributed by atoms with Crippen molar-refractivity contribution in [2.24, 2.45) is 5.73 Å². The van der Waals surface area contributed by atoms with Crippen LogP contribution in [0, 0.1) is 0 Å². The Kier molecular flexibility index (Phi) is 9.97. The third kappa shape index (κ3) is 7.23. The van der Waals surface area contributed by atoms with Crippen molar-refractivity contribution in [3.63, 3.8) is 0 Å². The van der Waals surface area contributed by atoms with E-state index < -0.39 is 10.0 Å². The van der Waals surface area contributed by atoms with Crippen molar-refractivity contribution >= 4 is 39.7 Å². The summed E-state index contributed by atoms with van der Waals surface area (Å²) in [5, 5.41) is 2.72. The van der Waals surface area contributed by atoms with E-state index in [0.717, 1.165) is 10.4 Å². The topological polar surface area (TPSA) is 92.5 Å². The Balaban J connectivity index is 0.00000364. The lowest BCUT2D eigenvalue weighted by Gasteiger charge is -2.21. The first kappa shape index (κ1) is 23.6. The number of carbonyl (C=O) groups excluding carboxylic acids is 1. The van der Waals surface area contributed by atoms with E-state index in [9.17, 15) is 13.2 Å². The van der Waals surface area contributed by atoms with Crippen LogP contribution in [0.4, 0.5) is 0 Å². The highest BCUT2D eigenvalue weighted by atomic mass is 35.5. The molecule has 0 unspecified atom stereocenters. The summed E-state index contributed by atoms with van der Waals surface area (Å²) in [4.78, 5) is 11.9. The van der Waals surface area contributed by atoms with Gasteiger partial charge in [-0.15, -0.1) is 23.7 Å². The van der Waals surface area contributed by atoms with E-state index in [2.05, 4.69) is 5.32 Å². The van der Waals surface area contributed by atoms with Gasteiger partial charge in [0.25, 0.3) is 10.0 Å². The number of thiophene rings is 1. The smallest absolute Gasteiger partial charge is 0.252 e. The van der Waals surface area contributed by atoms with Crippen molar-refractivity contribution in [1.29, 1.82) is 0 Å². The van der Waals surface area contributed by atoms with Crippen LogP contribution in [0.5, 0.6) is 0 Å². The molecule has 3 N–H and O–H groups in total. The van der Waals surface area contributed by atoms with Gasteiger partial charge >= 0.3 is 0 Å². The molecule has 2 aromatic rings. The van der Waals surface area contributed by atoms with Crippen molar-refractivity contribution in [3.8, 4) is 0 Å². The molecule has 0 aliphatic heterocycles. The number of nitrogens with zero attached hydrogens (tertiary/aromatic N) is 1. The molecule has 6 nitrogen and oxygen atoms in total. The van der Waals surface area contributed by atoms with Crippen LogP contribution in [-0.2, 0) is 27.8 Å². The molecule has 1 aromatic carbocycles. The normalized spacial score (nSPS) is 11.2. The molecule has 150 valence electrons. The number of amides is 1. The van der Waals surface area contributed by atoms with Gasteiger partial charge in [0.2, 0.25) is 5.91 Å². The Morgan fingerprint density at radius 3 is 2.52 bits per heavy atom. The second-order valence-electron chi connectivity index (χ2n) is 5.92. The van der Waals surface area contributed by atoms with Crippen molar-refractivity contribution in [1.82, 2.24) is 9.62 Å². The van der Waals surface area contributed by atoms with Gasteiger partial charge < -0.3 is 11.1 Å². The summed E-state index contributed by atoms with van der Waals surface area (Å²) in [6, 6.07) is 13.0. The third-order valence-electron chi connectivity index (χ3n) is 3.79. The summed E-state index contributed by atoms with van der Waals surface area (Å²) < 4.78 is 27.9. The van der Waals surface area contributed by atoms with Gasteiger partial charge in [-0.05, 0) is 37.1 Å². The molecule has 0 spiro atoms. The molecule has 0 fully saturated rings. The number of halogens is 1. The Hall–Kier alpha value is -1.45. The predicted octanol–water partition coefficient (Wildman–Crippen LogP) is 2.39. The van der Waals surface area contributed by atoms with Gasteiger partial charge in [0, 0.05) is 31.4 Å². The third-order valence-corrected chi connectivity index (χ3v) is 7.25. The van der Waals surface area contributed by atoms with Gasteiger partial charge in [-0.3, -0.25) is 4.79 Å². The Labute approximate surface area is 171 Å². The highest BCUT2D eigenvalue weighted by Crippen LogP contribution is 2.26. The van der Waals surface area contributed by atoms with Crippen molar-refractivity contribution < 1.29 is 13.2 Å². The second kappa shape index (κ2) is 11.4. The van der Waals surface area contributed by atoms with Crippen LogP contribution in [-0.4, -0.2) is 38.3 Å². The van der Waals surface area contributed by atoms with Gasteiger partial charge in [-0.1, -0.05) is 30.3 Å². The van der Waals surface area contributed by atoms with Crippen LogP contribution in [0.3, 0.4) is 0 Å². The van der Waals surface area contributed by atoms with Crippen LogP contribution in [0.2, 0.25) is 0 Å². The lowest BCUT2D eigenvalue weighted by atomic mass is 10.2. The van der Waals surface area contributed by atoms with Crippen LogP contribution >= 0.6 is 23.7 Å². The minimum absolute atomic E-state index is 0. The van der Waals surface area contributed by atoms with E-state index in [0.29, 0.717) is 43.2 Å². The molecule has 1 amide bonds. The Morgan fingerprint density at radius 2 is 1.89 bits per heavy atom. The Morgan fingerprint density at radius 1 is 1.19 bits per heavy atom. The number of nitrogens with two attached hydrogens (primary N) is 1. The molecule has 0 atom stereocenters. The standard InChI is InChI=1S/C18H25N3O3S2.ClH/c1-15(22)20-12-10-17-8-9-18(25-17)26(23,24)21(13-5-11-19)14-16-6-3-2-4-7-16;/h2-4,6-9H,5,10-14,19H2,1H3,(H,20,22);1H. The zero-order chi connectivity index (χ0) is 19.0. The van der Waals surface area contributed by atoms with Gasteiger partial charge in [-0.2, -0.15) is 4.31 Å². The zero-order valence-corrected chi connectivity index (χ0v) is 17.7. The lowest BCUT2D eigenvalue weighted by molar-refractivity contribution is -0.118. The van der Waals surface area contributed by atoms with Gasteiger partial charge in [0.1, 0.15) is 4.21 Å². The molecule has 0 saturated carbocycles. The summed E-state index contributed by atoms with van der Waals surface area (Å²) in [6.45, 7) is 3.10. The first-order chi connectivity index (χ1) is 12.4. The maximum absolute atomic E-state index is 13.1. The van der Waals surface area contributed by atoms with E-state index in [1.165, 1.54) is 22.6 Å². The number of nitrogens with one attached hydrogen (secondary N) is 1. The molecule has 2 rings (SSSR count). The summed E-state index contributed by atoms with van der Waals surface area (Å²) in [7, 11) is -3.58. The molecular formula is C18H26ClN3O3S2. The average molecular weight is 432 g/mol. The highest BCUT2D eigenvalue weighted by molar-refractivity contribution is 7.91. The average Bonchev–Trinajstić information content (AvgIpc) is 3.09. The van der Waals surface area contributed by atoms with E-state index in [-0.39, 0.29) is 18.3 Å². The zero-order valence-electron chi connectivity index (χ0n) is 15.3. The fourth-order valence-corrected chi connectivity index (χ4v) is 5.44. The van der Waals surface area contributed by atoms with Gasteiger partial charge in [0.15, 0.2) is 0 Å². The molecule has 0 saturated heterocycles. The molecule has 1 aromatic heterocycles. The minimum Gasteiger partial charge on any atom is -0.356 e. The fourth-order valence-electron chi connectivity index (χ4n) is 2.46. The van der Waals surface area contributed by atoms with Crippen molar-refractivity contribution in [3.05, 3.63) is 52.9 Å². The summed E-state index contributed by atoms with van der Waals surface area (Å²) in [5.41, 5.74) is 6.52. The minimum atomic E-state index is -3.58. The molecule has 0 bridgehead atoms. The predicted molar refractivity (Wildman–Crippen MR) is 112 cm³/mol. The summed E-state index contributed by atoms with van der Waals surface area (Å²) >= 11 is 1.25. The van der Waals surface area contributed by atoms with Crippen molar-refractivity contribution in [2.45, 2.75) is 30.5 Å². The number of benzene rings is 1. The van der Waals surface area contributed by atoms with Crippen LogP contribution < -0.4 is 11.1 Å². The van der Waals surface area contributed by atoms with Gasteiger partial charge in [0.05, 0.1) is 0 Å². The van der Waals surface area contributed by atoms with E-state index in [1.807, 2.05) is 36.4 Å². The molecule has 0 aliphatic rings. The number of rotatable bonds is 10. The maximum Gasteiger partial charge on any atom is 0.252 e. The van der Waals surface area contributed by atoms with E-state index in [1.54, 1.807) is 6.07 Å². The second-order valence-corrected chi connectivity index (χ2v) is 9.25. The largest absolute Gasteiger partial charge is 0.356 e. The highest BCUT2D eigenvalue weighted by Gasteiger charge is 2.26. The molecule has 9 heteroatoms. The molecule has 1 heterocycles. The number of carbonyl (C=O) groups is 1. The first-order valence-electron chi connectivity index (χ1n) is 8.51. The van der Waals surface area contributed by atoms with E-state index in [4.69, 9.17) is 5.73 Å². The number of hydrogen-bond acceptors (Lipinski definition) is 5. The first-order valence-corrected chi connectivity index (χ1v) is 10.8. The lowest BCUT2D eigenvalue weighted by Crippen LogP contribution is -2.32. The SMILES string of the molecule is CC(=O)NCCc1ccc(S(=O)(=O)N(CCCN)Cc2ccccc2)s1.Cl. The van der Waals surface area contributed by atoms with Crippen LogP contribution in [0.25, 0.3) is 0 Å².